The third kappa shape index (κ3) is 8.18. The van der Waals surface area contributed by atoms with Gasteiger partial charge in [0.1, 0.15) is 5.60 Å². The van der Waals surface area contributed by atoms with E-state index in [0.717, 1.165) is 6.42 Å². The first-order valence-corrected chi connectivity index (χ1v) is 9.94. The summed E-state index contributed by atoms with van der Waals surface area (Å²) in [7, 11) is 7.25. The molecule has 0 rings (SSSR count). The second-order valence-electron chi connectivity index (χ2n) is 9.04. The lowest BCUT2D eigenvalue weighted by Gasteiger charge is -2.41. The van der Waals surface area contributed by atoms with Gasteiger partial charge in [0.15, 0.2) is 0 Å². The smallest absolute Gasteiger partial charge is 0.309 e. The van der Waals surface area contributed by atoms with Crippen LogP contribution in [0, 0.1) is 11.8 Å². The summed E-state index contributed by atoms with van der Waals surface area (Å²) in [5.41, 5.74) is -0.545. The van der Waals surface area contributed by atoms with Crippen molar-refractivity contribution in [1.29, 1.82) is 0 Å². The molecule has 6 nitrogen and oxygen atoms in total. The molecule has 0 aromatic heterocycles. The van der Waals surface area contributed by atoms with Gasteiger partial charge in [0.25, 0.3) is 0 Å². The number of likely N-dealkylation sites (N-methyl/N-ethyl adjacent to an activating group) is 2. The quantitative estimate of drug-likeness (QED) is 0.540. The van der Waals surface area contributed by atoms with Crippen LogP contribution in [0.2, 0.25) is 0 Å². The van der Waals surface area contributed by atoms with Crippen LogP contribution in [0.3, 0.4) is 0 Å². The summed E-state index contributed by atoms with van der Waals surface area (Å²) in [6.45, 7) is 13.8. The van der Waals surface area contributed by atoms with Gasteiger partial charge in [-0.05, 0) is 46.7 Å². The van der Waals surface area contributed by atoms with E-state index < -0.39 is 11.7 Å². The van der Waals surface area contributed by atoms with Gasteiger partial charge in [-0.25, -0.2) is 0 Å². The number of esters is 1. The molecular weight excluding hydrogens is 344 g/mol. The van der Waals surface area contributed by atoms with Gasteiger partial charge in [-0.2, -0.15) is 0 Å². The van der Waals surface area contributed by atoms with Gasteiger partial charge in [0.2, 0.25) is 5.91 Å². The molecule has 0 aliphatic carbocycles. The molecule has 4 atom stereocenters. The van der Waals surface area contributed by atoms with E-state index in [0.29, 0.717) is 0 Å². The van der Waals surface area contributed by atoms with Crippen molar-refractivity contribution in [2.24, 2.45) is 11.8 Å². The summed E-state index contributed by atoms with van der Waals surface area (Å²) in [4.78, 5) is 29.3. The van der Waals surface area contributed by atoms with Crippen LogP contribution in [0.15, 0.2) is 0 Å². The fourth-order valence-electron chi connectivity index (χ4n) is 3.59. The Bertz CT molecular complexity index is 463. The third-order valence-corrected chi connectivity index (χ3v) is 4.93. The van der Waals surface area contributed by atoms with E-state index in [1.54, 1.807) is 12.0 Å². The summed E-state index contributed by atoms with van der Waals surface area (Å²) in [6.07, 6.45) is 0.582. The molecule has 0 aromatic carbocycles. The van der Waals surface area contributed by atoms with E-state index >= 15 is 0 Å². The number of ether oxygens (including phenoxy) is 2. The molecular formula is C21H42N2O4. The Hall–Kier alpha value is -1.14. The number of nitrogens with zero attached hydrogens (tertiary/aromatic N) is 2. The Balaban J connectivity index is 5.61. The van der Waals surface area contributed by atoms with Gasteiger partial charge in [-0.3, -0.25) is 14.5 Å². The highest BCUT2D eigenvalue weighted by Crippen LogP contribution is 2.24. The first-order chi connectivity index (χ1) is 12.3. The van der Waals surface area contributed by atoms with Crippen molar-refractivity contribution >= 4 is 11.9 Å². The molecule has 0 N–H and O–H groups in total. The summed E-state index contributed by atoms with van der Waals surface area (Å²) in [5, 5.41) is 0. The van der Waals surface area contributed by atoms with Crippen LogP contribution in [-0.4, -0.2) is 73.7 Å². The summed E-state index contributed by atoms with van der Waals surface area (Å²) in [5.74, 6) is 0.101. The minimum Gasteiger partial charge on any atom is -0.460 e. The molecule has 0 unspecified atom stereocenters. The molecule has 6 heteroatoms. The average molecular weight is 387 g/mol. The molecule has 0 aromatic rings. The minimum atomic E-state index is -0.545. The maximum absolute atomic E-state index is 13.2. The Morgan fingerprint density at radius 2 is 1.56 bits per heavy atom. The summed E-state index contributed by atoms with van der Waals surface area (Å²) in [6, 6.07) is -0.429. The highest BCUT2D eigenvalue weighted by atomic mass is 16.6. The van der Waals surface area contributed by atoms with Crippen LogP contribution < -0.4 is 0 Å². The number of hydrogen-bond donors (Lipinski definition) is 0. The molecule has 0 saturated heterocycles. The van der Waals surface area contributed by atoms with Crippen molar-refractivity contribution in [2.45, 2.75) is 85.1 Å². The molecule has 0 saturated carbocycles. The van der Waals surface area contributed by atoms with Crippen LogP contribution in [0.4, 0.5) is 0 Å². The number of methoxy groups -OCH3 is 1. The highest BCUT2D eigenvalue weighted by Gasteiger charge is 2.38. The molecule has 0 spiro atoms. The van der Waals surface area contributed by atoms with E-state index in [4.69, 9.17) is 9.47 Å². The van der Waals surface area contributed by atoms with Crippen molar-refractivity contribution in [3.63, 3.8) is 0 Å². The van der Waals surface area contributed by atoms with Crippen molar-refractivity contribution in [1.82, 2.24) is 9.80 Å². The third-order valence-electron chi connectivity index (χ3n) is 4.93. The van der Waals surface area contributed by atoms with Crippen LogP contribution >= 0.6 is 0 Å². The number of rotatable bonds is 10. The van der Waals surface area contributed by atoms with Crippen LogP contribution in [0.1, 0.15) is 61.3 Å². The largest absolute Gasteiger partial charge is 0.460 e. The van der Waals surface area contributed by atoms with Crippen LogP contribution in [-0.2, 0) is 19.1 Å². The fourth-order valence-corrected chi connectivity index (χ4v) is 3.59. The topological polar surface area (TPSA) is 59.1 Å². The zero-order valence-corrected chi connectivity index (χ0v) is 19.3. The molecule has 160 valence electrons. The second-order valence-corrected chi connectivity index (χ2v) is 9.04. The van der Waals surface area contributed by atoms with Gasteiger partial charge in [0, 0.05) is 14.2 Å². The van der Waals surface area contributed by atoms with Crippen LogP contribution in [0.5, 0.6) is 0 Å². The number of carbonyl (C=O) groups excluding carboxylic acids is 2. The average Bonchev–Trinajstić information content (AvgIpc) is 2.50. The van der Waals surface area contributed by atoms with Gasteiger partial charge in [-0.1, -0.05) is 34.1 Å². The van der Waals surface area contributed by atoms with E-state index in [-0.39, 0.29) is 42.2 Å². The fraction of sp³-hybridized carbons (Fsp3) is 0.905. The zero-order valence-electron chi connectivity index (χ0n) is 19.3. The molecule has 0 bridgehead atoms. The van der Waals surface area contributed by atoms with Crippen molar-refractivity contribution in [2.75, 3.05) is 28.3 Å². The number of hydrogen-bond acceptors (Lipinski definition) is 5. The maximum Gasteiger partial charge on any atom is 0.309 e. The Labute approximate surface area is 166 Å². The van der Waals surface area contributed by atoms with Gasteiger partial charge < -0.3 is 14.4 Å². The Morgan fingerprint density at radius 1 is 1.04 bits per heavy atom. The first-order valence-electron chi connectivity index (χ1n) is 9.94. The van der Waals surface area contributed by atoms with E-state index in [9.17, 15) is 9.59 Å². The molecule has 27 heavy (non-hydrogen) atoms. The molecule has 0 radical (unpaired) electrons. The summed E-state index contributed by atoms with van der Waals surface area (Å²) >= 11 is 0. The molecule has 0 aliphatic rings. The van der Waals surface area contributed by atoms with E-state index in [1.807, 2.05) is 60.7 Å². The van der Waals surface area contributed by atoms with Gasteiger partial charge in [-0.15, -0.1) is 0 Å². The number of carbonyl (C=O) groups is 2. The van der Waals surface area contributed by atoms with Crippen molar-refractivity contribution in [3.8, 4) is 0 Å². The minimum absolute atomic E-state index is 0.0477. The van der Waals surface area contributed by atoms with E-state index in [1.165, 1.54) is 0 Å². The van der Waals surface area contributed by atoms with Gasteiger partial charge in [0.05, 0.1) is 24.6 Å². The van der Waals surface area contributed by atoms with Crippen LogP contribution in [0.25, 0.3) is 0 Å². The lowest BCUT2D eigenvalue weighted by Crippen LogP contribution is -2.56. The number of amides is 1. The monoisotopic (exact) mass is 386 g/mol. The Kier molecular flexibility index (Phi) is 10.5. The molecule has 1 amide bonds. The lowest BCUT2D eigenvalue weighted by molar-refractivity contribution is -0.161. The standard InChI is InChI=1S/C21H42N2O4/c1-12-15(4)19(16(26-11)13-17(24)27-21(5,6)7)23(10)20(25)18(14(2)3)22(8)9/h14-16,18-19H,12-13H2,1-11H3/t15-,16+,18-,19-/m0/s1. The zero-order chi connectivity index (χ0) is 21.5. The second kappa shape index (κ2) is 11.0. The molecule has 0 heterocycles. The lowest BCUT2D eigenvalue weighted by atomic mass is 9.90. The molecule has 0 fully saturated rings. The maximum atomic E-state index is 13.2. The van der Waals surface area contributed by atoms with E-state index in [2.05, 4.69) is 13.8 Å². The van der Waals surface area contributed by atoms with Crippen molar-refractivity contribution in [3.05, 3.63) is 0 Å². The van der Waals surface area contributed by atoms with Crippen molar-refractivity contribution < 1.29 is 19.1 Å². The Morgan fingerprint density at radius 3 is 1.89 bits per heavy atom. The highest BCUT2D eigenvalue weighted by molar-refractivity contribution is 5.82. The predicted octanol–water partition coefficient (Wildman–Crippen LogP) is 3.19. The normalized spacial score (nSPS) is 16.8. The van der Waals surface area contributed by atoms with Gasteiger partial charge >= 0.3 is 5.97 Å². The predicted molar refractivity (Wildman–Crippen MR) is 110 cm³/mol. The summed E-state index contributed by atoms with van der Waals surface area (Å²) < 4.78 is 11.2. The first kappa shape index (κ1) is 25.9. The SMILES string of the molecule is CC[C@H](C)[C@@H]([C@@H](CC(=O)OC(C)(C)C)OC)N(C)C(=O)[C@H](C(C)C)N(C)C. The molecule has 0 aliphatic heterocycles.